The number of ether oxygens (including phenoxy) is 2. The summed E-state index contributed by atoms with van der Waals surface area (Å²) >= 11 is 1.29. The van der Waals surface area contributed by atoms with E-state index in [0.717, 1.165) is 17.6 Å². The van der Waals surface area contributed by atoms with E-state index in [1.807, 2.05) is 12.3 Å². The fourth-order valence-electron chi connectivity index (χ4n) is 2.49. The van der Waals surface area contributed by atoms with E-state index in [2.05, 4.69) is 15.0 Å². The zero-order valence-corrected chi connectivity index (χ0v) is 18.0. The van der Waals surface area contributed by atoms with E-state index >= 15 is 0 Å². The molecule has 0 fully saturated rings. The smallest absolute Gasteiger partial charge is 0.264 e. The number of carbonyl (C=O) groups is 1. The van der Waals surface area contributed by atoms with Gasteiger partial charge in [-0.2, -0.15) is 0 Å². The minimum Gasteiger partial charge on any atom is -0.494 e. The molecule has 10 heteroatoms. The summed E-state index contributed by atoms with van der Waals surface area (Å²) in [6, 6.07) is 13.8. The molecule has 3 aromatic rings. The molecule has 0 aliphatic heterocycles. The first-order valence-corrected chi connectivity index (χ1v) is 11.8. The van der Waals surface area contributed by atoms with Gasteiger partial charge in [-0.1, -0.05) is 12.1 Å². The van der Waals surface area contributed by atoms with Crippen LogP contribution in [-0.2, 0) is 14.8 Å². The first-order chi connectivity index (χ1) is 14.3. The van der Waals surface area contributed by atoms with Crippen LogP contribution in [0.4, 0.5) is 10.8 Å². The van der Waals surface area contributed by atoms with Gasteiger partial charge in [-0.3, -0.25) is 14.8 Å². The Kier molecular flexibility index (Phi) is 6.91. The zero-order valence-electron chi connectivity index (χ0n) is 16.4. The number of amides is 1. The van der Waals surface area contributed by atoms with Crippen molar-refractivity contribution in [3.05, 3.63) is 53.9 Å². The Hall–Kier alpha value is -3.11. The molecule has 1 heterocycles. The van der Waals surface area contributed by atoms with Crippen LogP contribution in [0.1, 0.15) is 6.92 Å². The highest BCUT2D eigenvalue weighted by Crippen LogP contribution is 2.26. The van der Waals surface area contributed by atoms with Gasteiger partial charge in [0.2, 0.25) is 10.0 Å². The number of benzene rings is 2. The van der Waals surface area contributed by atoms with Crippen LogP contribution < -0.4 is 19.5 Å². The molecule has 0 spiro atoms. The second-order valence-corrected chi connectivity index (χ2v) is 8.84. The highest BCUT2D eigenvalue weighted by Gasteiger charge is 2.10. The van der Waals surface area contributed by atoms with E-state index in [4.69, 9.17) is 9.47 Å². The van der Waals surface area contributed by atoms with E-state index in [1.165, 1.54) is 11.3 Å². The number of hydrogen-bond donors (Lipinski definition) is 2. The second kappa shape index (κ2) is 9.59. The highest BCUT2D eigenvalue weighted by atomic mass is 32.2. The van der Waals surface area contributed by atoms with Gasteiger partial charge in [-0.25, -0.2) is 13.4 Å². The standard InChI is InChI=1S/C20H21N3O5S2/c1-3-27-16-8-10-17(11-9-16)28-12-19(24)22-20-21-18(13-29-20)14-4-6-15(7-5-14)23-30(2,25)26/h4-11,13,23H,3,12H2,1-2H3,(H,21,22,24). The third-order valence-corrected chi connectivity index (χ3v) is 5.10. The van der Waals surface area contributed by atoms with Crippen LogP contribution in [0.15, 0.2) is 53.9 Å². The van der Waals surface area contributed by atoms with Crippen molar-refractivity contribution in [2.45, 2.75) is 6.92 Å². The van der Waals surface area contributed by atoms with Crippen LogP contribution in [0.5, 0.6) is 11.5 Å². The third-order valence-electron chi connectivity index (χ3n) is 3.74. The first kappa shape index (κ1) is 21.6. The molecule has 30 heavy (non-hydrogen) atoms. The molecule has 0 saturated carbocycles. The predicted molar refractivity (Wildman–Crippen MR) is 118 cm³/mol. The van der Waals surface area contributed by atoms with Gasteiger partial charge in [0, 0.05) is 16.6 Å². The molecular weight excluding hydrogens is 426 g/mol. The molecule has 1 amide bonds. The summed E-state index contributed by atoms with van der Waals surface area (Å²) in [6.07, 6.45) is 1.09. The molecule has 158 valence electrons. The van der Waals surface area contributed by atoms with Crippen molar-refractivity contribution in [3.63, 3.8) is 0 Å². The van der Waals surface area contributed by atoms with Gasteiger partial charge in [-0.05, 0) is 43.3 Å². The van der Waals surface area contributed by atoms with Crippen LogP contribution in [0, 0.1) is 0 Å². The number of hydrogen-bond acceptors (Lipinski definition) is 7. The Balaban J connectivity index is 1.53. The molecular formula is C20H21N3O5S2. The average molecular weight is 448 g/mol. The maximum Gasteiger partial charge on any atom is 0.264 e. The van der Waals surface area contributed by atoms with Crippen LogP contribution in [0.3, 0.4) is 0 Å². The molecule has 8 nitrogen and oxygen atoms in total. The average Bonchev–Trinajstić information content (AvgIpc) is 3.15. The zero-order chi connectivity index (χ0) is 21.6. The lowest BCUT2D eigenvalue weighted by Crippen LogP contribution is -2.20. The molecule has 2 aromatic carbocycles. The van der Waals surface area contributed by atoms with Crippen molar-refractivity contribution in [2.75, 3.05) is 29.5 Å². The summed E-state index contributed by atoms with van der Waals surface area (Å²) in [4.78, 5) is 16.5. The molecule has 1 aromatic heterocycles. The van der Waals surface area contributed by atoms with Crippen molar-refractivity contribution >= 4 is 38.1 Å². The predicted octanol–water partition coefficient (Wildman–Crippen LogP) is 3.60. The maximum absolute atomic E-state index is 12.1. The lowest BCUT2D eigenvalue weighted by molar-refractivity contribution is -0.118. The molecule has 0 bridgehead atoms. The number of carbonyl (C=O) groups excluding carboxylic acids is 1. The Morgan fingerprint density at radius 1 is 1.03 bits per heavy atom. The van der Waals surface area contributed by atoms with Crippen molar-refractivity contribution < 1.29 is 22.7 Å². The molecule has 0 aliphatic carbocycles. The van der Waals surface area contributed by atoms with Gasteiger partial charge in [-0.15, -0.1) is 11.3 Å². The van der Waals surface area contributed by atoms with Gasteiger partial charge in [0.15, 0.2) is 11.7 Å². The van der Waals surface area contributed by atoms with E-state index in [0.29, 0.717) is 28.9 Å². The Morgan fingerprint density at radius 3 is 2.27 bits per heavy atom. The van der Waals surface area contributed by atoms with Gasteiger partial charge in [0.25, 0.3) is 5.91 Å². The van der Waals surface area contributed by atoms with E-state index in [1.54, 1.807) is 48.5 Å². The Labute approximate surface area is 178 Å². The van der Waals surface area contributed by atoms with Crippen LogP contribution in [0.2, 0.25) is 0 Å². The number of anilines is 2. The number of thiazole rings is 1. The SMILES string of the molecule is CCOc1ccc(OCC(=O)Nc2nc(-c3ccc(NS(C)(=O)=O)cc3)cs2)cc1. The lowest BCUT2D eigenvalue weighted by atomic mass is 10.1. The van der Waals surface area contributed by atoms with E-state index in [-0.39, 0.29) is 12.5 Å². The Morgan fingerprint density at radius 2 is 1.67 bits per heavy atom. The minimum atomic E-state index is -3.32. The third kappa shape index (κ3) is 6.46. The normalized spacial score (nSPS) is 11.0. The van der Waals surface area contributed by atoms with Crippen molar-refractivity contribution in [3.8, 4) is 22.8 Å². The summed E-state index contributed by atoms with van der Waals surface area (Å²) in [7, 11) is -3.32. The summed E-state index contributed by atoms with van der Waals surface area (Å²) in [5.74, 6) is 0.985. The van der Waals surface area contributed by atoms with Gasteiger partial charge in [0.1, 0.15) is 11.5 Å². The summed E-state index contributed by atoms with van der Waals surface area (Å²) in [5, 5.41) is 4.96. The molecule has 2 N–H and O–H groups in total. The van der Waals surface area contributed by atoms with Crippen LogP contribution in [0.25, 0.3) is 11.3 Å². The minimum absolute atomic E-state index is 0.144. The van der Waals surface area contributed by atoms with Crippen LogP contribution in [-0.4, -0.2) is 38.8 Å². The topological polar surface area (TPSA) is 107 Å². The number of aromatic nitrogens is 1. The molecule has 0 unspecified atom stereocenters. The number of sulfonamides is 1. The van der Waals surface area contributed by atoms with E-state index < -0.39 is 10.0 Å². The number of nitrogens with one attached hydrogen (secondary N) is 2. The number of rotatable bonds is 9. The number of nitrogens with zero attached hydrogens (tertiary/aromatic N) is 1. The molecule has 0 radical (unpaired) electrons. The summed E-state index contributed by atoms with van der Waals surface area (Å²) in [5.41, 5.74) is 1.95. The second-order valence-electron chi connectivity index (χ2n) is 6.23. The van der Waals surface area contributed by atoms with Crippen molar-refractivity contribution in [1.82, 2.24) is 4.98 Å². The highest BCUT2D eigenvalue weighted by molar-refractivity contribution is 7.92. The fraction of sp³-hybridized carbons (Fsp3) is 0.200. The monoisotopic (exact) mass is 447 g/mol. The molecule has 0 atom stereocenters. The van der Waals surface area contributed by atoms with Crippen molar-refractivity contribution in [2.24, 2.45) is 0 Å². The Bertz CT molecular complexity index is 1090. The molecule has 3 rings (SSSR count). The molecule has 0 saturated heterocycles. The lowest BCUT2D eigenvalue weighted by Gasteiger charge is -2.07. The van der Waals surface area contributed by atoms with Crippen molar-refractivity contribution in [1.29, 1.82) is 0 Å². The van der Waals surface area contributed by atoms with Gasteiger partial charge < -0.3 is 9.47 Å². The van der Waals surface area contributed by atoms with Gasteiger partial charge in [0.05, 0.1) is 18.6 Å². The summed E-state index contributed by atoms with van der Waals surface area (Å²) in [6.45, 7) is 2.35. The summed E-state index contributed by atoms with van der Waals surface area (Å²) < 4.78 is 35.8. The fourth-order valence-corrected chi connectivity index (χ4v) is 3.79. The van der Waals surface area contributed by atoms with Gasteiger partial charge >= 0.3 is 0 Å². The maximum atomic E-state index is 12.1. The molecule has 0 aliphatic rings. The van der Waals surface area contributed by atoms with E-state index in [9.17, 15) is 13.2 Å². The largest absolute Gasteiger partial charge is 0.494 e. The first-order valence-electron chi connectivity index (χ1n) is 9.01. The quantitative estimate of drug-likeness (QED) is 0.519. The van der Waals surface area contributed by atoms with Crippen LogP contribution >= 0.6 is 11.3 Å².